The van der Waals surface area contributed by atoms with Crippen molar-refractivity contribution in [1.82, 2.24) is 0 Å². The number of quaternary nitrogens is 2. The number of hydrogen-bond donors (Lipinski definition) is 0. The lowest BCUT2D eigenvalue weighted by molar-refractivity contribution is -1.09. The molecule has 3 aliphatic rings. The van der Waals surface area contributed by atoms with Gasteiger partial charge in [0.1, 0.15) is 45.8 Å². The quantitative estimate of drug-likeness (QED) is 0.129. The highest BCUT2D eigenvalue weighted by atomic mass is 15.5. The molecule has 0 spiro atoms. The minimum atomic E-state index is 1.23. The number of hydrogen-bond acceptors (Lipinski definition) is 0. The van der Waals surface area contributed by atoms with E-state index in [1.165, 1.54) is 175 Å². The molecule has 0 unspecified atom stereocenters. The molecule has 0 aliphatic carbocycles. The molecule has 1 aromatic rings. The fraction of sp³-hybridized carbons (Fsp3) is 0.758. The second kappa shape index (κ2) is 15.9. The zero-order valence-electron chi connectivity index (χ0n) is 23.5. The lowest BCUT2D eigenvalue weighted by atomic mass is 10.0. The molecule has 3 aliphatic heterocycles. The van der Waals surface area contributed by atoms with Crippen LogP contribution in [0, 0.1) is 0 Å². The van der Waals surface area contributed by atoms with Gasteiger partial charge in [0.15, 0.2) is 0 Å². The summed E-state index contributed by atoms with van der Waals surface area (Å²) in [6.45, 7) is 17.3. The van der Waals surface area contributed by atoms with Crippen LogP contribution in [-0.4, -0.2) is 54.8 Å². The molecule has 2 nitrogen and oxygen atoms in total. The zero-order chi connectivity index (χ0) is 24.7. The Morgan fingerprint density at radius 3 is 1.40 bits per heavy atom. The normalized spacial score (nSPS) is 23.6. The van der Waals surface area contributed by atoms with Gasteiger partial charge in [-0.3, -0.25) is 0 Å². The molecule has 3 saturated heterocycles. The SMILES string of the molecule is C=Cc1ccc(C[N+]23CC[N+](CCCCCCCCCCCCCCCCCC)(CC2)CC3)cc1. The molecule has 3 heterocycles. The zero-order valence-corrected chi connectivity index (χ0v) is 23.5. The molecular weight excluding hydrogens is 424 g/mol. The van der Waals surface area contributed by atoms with Crippen LogP contribution in [0.2, 0.25) is 0 Å². The Morgan fingerprint density at radius 2 is 0.971 bits per heavy atom. The summed E-state index contributed by atoms with van der Waals surface area (Å²) in [5, 5.41) is 0. The summed E-state index contributed by atoms with van der Waals surface area (Å²) < 4.78 is 2.78. The fourth-order valence-corrected chi connectivity index (χ4v) is 6.66. The van der Waals surface area contributed by atoms with Crippen molar-refractivity contribution in [2.45, 2.75) is 116 Å². The number of piperazine rings is 3. The van der Waals surface area contributed by atoms with Gasteiger partial charge in [-0.1, -0.05) is 134 Å². The van der Waals surface area contributed by atoms with Crippen molar-refractivity contribution in [3.8, 4) is 0 Å². The van der Waals surface area contributed by atoms with Gasteiger partial charge in [0.25, 0.3) is 0 Å². The molecule has 2 heteroatoms. The summed E-state index contributed by atoms with van der Waals surface area (Å²) in [6.07, 6.45) is 25.4. The van der Waals surface area contributed by atoms with E-state index in [2.05, 4.69) is 37.8 Å². The molecule has 198 valence electrons. The van der Waals surface area contributed by atoms with Crippen molar-refractivity contribution in [2.75, 3.05) is 45.8 Å². The summed E-state index contributed by atoms with van der Waals surface area (Å²) in [4.78, 5) is 0. The third kappa shape index (κ3) is 10.0. The standard InChI is InChI=1S/C33H58N2/c1-3-5-6-7-8-9-10-11-12-13-14-15-16-17-18-19-24-34-25-28-35(29-26-34,30-27-34)31-33-22-20-32(4-2)21-23-33/h4,20-23H,2-3,5-19,24-31H2,1H3/q+2. The second-order valence-electron chi connectivity index (χ2n) is 12.2. The first-order valence-corrected chi connectivity index (χ1v) is 15.6. The van der Waals surface area contributed by atoms with Crippen molar-refractivity contribution in [3.63, 3.8) is 0 Å². The average Bonchev–Trinajstić information content (AvgIpc) is 2.90. The van der Waals surface area contributed by atoms with Crippen LogP contribution in [0.4, 0.5) is 0 Å². The van der Waals surface area contributed by atoms with Gasteiger partial charge in [0.05, 0.1) is 6.54 Å². The van der Waals surface area contributed by atoms with Gasteiger partial charge in [0.2, 0.25) is 0 Å². The molecule has 1 aromatic carbocycles. The Kier molecular flexibility index (Phi) is 12.9. The van der Waals surface area contributed by atoms with Crippen LogP contribution in [0.15, 0.2) is 30.8 Å². The maximum absolute atomic E-state index is 3.89. The van der Waals surface area contributed by atoms with E-state index in [-0.39, 0.29) is 0 Å². The monoisotopic (exact) mass is 482 g/mol. The summed E-state index contributed by atoms with van der Waals surface area (Å²) in [5.41, 5.74) is 2.75. The summed E-state index contributed by atoms with van der Waals surface area (Å²) >= 11 is 0. The molecule has 3 fully saturated rings. The maximum Gasteiger partial charge on any atom is 0.129 e. The molecule has 0 N–H and O–H groups in total. The molecule has 35 heavy (non-hydrogen) atoms. The van der Waals surface area contributed by atoms with Crippen molar-refractivity contribution in [1.29, 1.82) is 0 Å². The minimum Gasteiger partial charge on any atom is -0.310 e. The number of unbranched alkanes of at least 4 members (excludes halogenated alkanes) is 15. The first kappa shape index (κ1) is 28.5. The van der Waals surface area contributed by atoms with Crippen LogP contribution in [0.25, 0.3) is 6.08 Å². The van der Waals surface area contributed by atoms with Crippen LogP contribution in [0.5, 0.6) is 0 Å². The van der Waals surface area contributed by atoms with E-state index in [0.717, 1.165) is 0 Å². The van der Waals surface area contributed by atoms with Gasteiger partial charge in [0, 0.05) is 5.56 Å². The molecule has 0 radical (unpaired) electrons. The maximum atomic E-state index is 3.89. The van der Waals surface area contributed by atoms with E-state index < -0.39 is 0 Å². The first-order chi connectivity index (χ1) is 17.2. The Morgan fingerprint density at radius 1 is 0.571 bits per heavy atom. The van der Waals surface area contributed by atoms with Gasteiger partial charge >= 0.3 is 0 Å². The molecule has 0 aromatic heterocycles. The van der Waals surface area contributed by atoms with Crippen molar-refractivity contribution < 1.29 is 8.97 Å². The van der Waals surface area contributed by atoms with Gasteiger partial charge in [-0.25, -0.2) is 0 Å². The van der Waals surface area contributed by atoms with Crippen LogP contribution >= 0.6 is 0 Å². The third-order valence-corrected chi connectivity index (χ3v) is 9.37. The van der Waals surface area contributed by atoms with Crippen LogP contribution in [0.3, 0.4) is 0 Å². The van der Waals surface area contributed by atoms with Gasteiger partial charge in [-0.05, 0) is 18.4 Å². The largest absolute Gasteiger partial charge is 0.310 e. The van der Waals surface area contributed by atoms with Gasteiger partial charge in [-0.15, -0.1) is 0 Å². The summed E-state index contributed by atoms with van der Waals surface area (Å²) in [6, 6.07) is 9.11. The topological polar surface area (TPSA) is 0 Å². The van der Waals surface area contributed by atoms with E-state index in [1.54, 1.807) is 0 Å². The highest BCUT2D eigenvalue weighted by Gasteiger charge is 2.48. The van der Waals surface area contributed by atoms with E-state index in [9.17, 15) is 0 Å². The van der Waals surface area contributed by atoms with Crippen LogP contribution < -0.4 is 0 Å². The number of rotatable bonds is 20. The molecule has 2 bridgehead atoms. The molecule has 4 rings (SSSR count). The summed E-state index contributed by atoms with van der Waals surface area (Å²) in [5.74, 6) is 0. The smallest absolute Gasteiger partial charge is 0.129 e. The van der Waals surface area contributed by atoms with E-state index >= 15 is 0 Å². The van der Waals surface area contributed by atoms with Gasteiger partial charge in [-0.2, -0.15) is 0 Å². The Hall–Kier alpha value is -1.12. The molecule has 0 amide bonds. The van der Waals surface area contributed by atoms with E-state index in [4.69, 9.17) is 0 Å². The number of benzene rings is 1. The average molecular weight is 483 g/mol. The van der Waals surface area contributed by atoms with E-state index in [1.807, 2.05) is 6.08 Å². The first-order valence-electron chi connectivity index (χ1n) is 15.6. The number of fused-ring (bicyclic) bond motifs is 3. The van der Waals surface area contributed by atoms with Crippen LogP contribution in [0.1, 0.15) is 121 Å². The van der Waals surface area contributed by atoms with Gasteiger partial charge < -0.3 is 8.97 Å². The van der Waals surface area contributed by atoms with E-state index in [0.29, 0.717) is 0 Å². The third-order valence-electron chi connectivity index (χ3n) is 9.37. The minimum absolute atomic E-state index is 1.23. The highest BCUT2D eigenvalue weighted by Crippen LogP contribution is 2.30. The lowest BCUT2D eigenvalue weighted by Crippen LogP contribution is -2.74. The predicted octanol–water partition coefficient (Wildman–Crippen LogP) is 8.75. The highest BCUT2D eigenvalue weighted by molar-refractivity contribution is 5.47. The van der Waals surface area contributed by atoms with Crippen LogP contribution in [-0.2, 0) is 6.54 Å². The number of nitrogens with zero attached hydrogens (tertiary/aromatic N) is 2. The lowest BCUT2D eigenvalue weighted by Gasteiger charge is -2.55. The predicted molar refractivity (Wildman–Crippen MR) is 154 cm³/mol. The Balaban J connectivity index is 1.15. The fourth-order valence-electron chi connectivity index (χ4n) is 6.66. The van der Waals surface area contributed by atoms with Crippen molar-refractivity contribution >= 4 is 6.08 Å². The Labute approximate surface area is 219 Å². The second-order valence-corrected chi connectivity index (χ2v) is 12.2. The van der Waals surface area contributed by atoms with Crippen molar-refractivity contribution in [3.05, 3.63) is 42.0 Å². The van der Waals surface area contributed by atoms with Crippen molar-refractivity contribution in [2.24, 2.45) is 0 Å². The molecular formula is C33H58N2+2. The molecule has 0 atom stereocenters. The molecule has 0 saturated carbocycles. The summed E-state index contributed by atoms with van der Waals surface area (Å²) in [7, 11) is 0. The Bertz CT molecular complexity index is 667.